The van der Waals surface area contributed by atoms with Crippen LogP contribution in [0.15, 0.2) is 12.1 Å². The van der Waals surface area contributed by atoms with E-state index < -0.39 is 33.9 Å². The standard InChI is InChI=1S/C14H15F3O2S/c15-11-5-13(17)12(16)4-10(11)14(18)6-8-2-1-3-9(7-14)20(8)19/h4-5,8-9,18H,1-3,6-7H2. The fourth-order valence-electron chi connectivity index (χ4n) is 3.38. The summed E-state index contributed by atoms with van der Waals surface area (Å²) in [5.74, 6) is -3.39. The van der Waals surface area contributed by atoms with Gasteiger partial charge in [-0.3, -0.25) is 4.21 Å². The van der Waals surface area contributed by atoms with E-state index in [9.17, 15) is 22.5 Å². The van der Waals surface area contributed by atoms with E-state index in [0.29, 0.717) is 6.07 Å². The van der Waals surface area contributed by atoms with Crippen molar-refractivity contribution in [2.45, 2.75) is 48.2 Å². The van der Waals surface area contributed by atoms with Crippen LogP contribution in [0.2, 0.25) is 0 Å². The second kappa shape index (κ2) is 4.84. The predicted molar refractivity (Wildman–Crippen MR) is 69.0 cm³/mol. The second-order valence-electron chi connectivity index (χ2n) is 5.69. The summed E-state index contributed by atoms with van der Waals surface area (Å²) < 4.78 is 52.3. The molecule has 110 valence electrons. The van der Waals surface area contributed by atoms with Gasteiger partial charge in [0.2, 0.25) is 0 Å². The first kappa shape index (κ1) is 14.1. The molecule has 0 spiro atoms. The topological polar surface area (TPSA) is 37.3 Å². The van der Waals surface area contributed by atoms with Crippen LogP contribution in [0.1, 0.15) is 37.7 Å². The maximum Gasteiger partial charge on any atom is 0.161 e. The van der Waals surface area contributed by atoms with Crippen molar-refractivity contribution in [3.63, 3.8) is 0 Å². The summed E-state index contributed by atoms with van der Waals surface area (Å²) >= 11 is 0. The molecular weight excluding hydrogens is 289 g/mol. The third-order valence-electron chi connectivity index (χ3n) is 4.35. The van der Waals surface area contributed by atoms with Gasteiger partial charge >= 0.3 is 0 Å². The maximum absolute atomic E-state index is 13.9. The van der Waals surface area contributed by atoms with E-state index in [0.717, 1.165) is 25.3 Å². The van der Waals surface area contributed by atoms with E-state index in [1.54, 1.807) is 0 Å². The van der Waals surface area contributed by atoms with Gasteiger partial charge in [-0.05, 0) is 31.7 Å². The Kier molecular flexibility index (Phi) is 3.41. The minimum Gasteiger partial charge on any atom is -0.385 e. The van der Waals surface area contributed by atoms with Crippen LogP contribution in [0.3, 0.4) is 0 Å². The Labute approximate surface area is 117 Å². The molecule has 2 heterocycles. The van der Waals surface area contributed by atoms with Crippen LogP contribution in [0, 0.1) is 17.5 Å². The molecule has 0 amide bonds. The average Bonchev–Trinajstić information content (AvgIpc) is 2.36. The van der Waals surface area contributed by atoms with Crippen molar-refractivity contribution in [2.75, 3.05) is 0 Å². The zero-order valence-electron chi connectivity index (χ0n) is 10.7. The molecule has 3 rings (SSSR count). The van der Waals surface area contributed by atoms with Gasteiger partial charge in [0.1, 0.15) is 5.82 Å². The zero-order chi connectivity index (χ0) is 14.5. The molecule has 2 aliphatic heterocycles. The Balaban J connectivity index is 2.01. The van der Waals surface area contributed by atoms with Gasteiger partial charge in [0.15, 0.2) is 11.6 Å². The zero-order valence-corrected chi connectivity index (χ0v) is 11.6. The van der Waals surface area contributed by atoms with Gasteiger partial charge in [-0.1, -0.05) is 6.42 Å². The lowest BCUT2D eigenvalue weighted by Gasteiger charge is -2.43. The number of aliphatic hydroxyl groups is 1. The van der Waals surface area contributed by atoms with Gasteiger partial charge in [0.25, 0.3) is 0 Å². The average molecular weight is 304 g/mol. The summed E-state index contributed by atoms with van der Waals surface area (Å²) in [5, 5.41) is 10.3. The lowest BCUT2D eigenvalue weighted by atomic mass is 9.80. The Morgan fingerprint density at radius 3 is 2.20 bits per heavy atom. The molecule has 1 aromatic carbocycles. The number of halogens is 3. The van der Waals surface area contributed by atoms with Crippen molar-refractivity contribution in [3.8, 4) is 0 Å². The highest BCUT2D eigenvalue weighted by molar-refractivity contribution is 7.86. The molecule has 6 heteroatoms. The minimum atomic E-state index is -1.55. The number of hydrogen-bond acceptors (Lipinski definition) is 2. The second-order valence-corrected chi connectivity index (χ2v) is 7.68. The van der Waals surface area contributed by atoms with Crippen LogP contribution in [-0.2, 0) is 16.4 Å². The maximum atomic E-state index is 13.9. The summed E-state index contributed by atoms with van der Waals surface area (Å²) in [7, 11) is -1.02. The number of fused-ring (bicyclic) bond motifs is 2. The van der Waals surface area contributed by atoms with Crippen LogP contribution in [0.25, 0.3) is 0 Å². The largest absolute Gasteiger partial charge is 0.385 e. The third kappa shape index (κ3) is 2.19. The fourth-order valence-corrected chi connectivity index (χ4v) is 5.60. The molecule has 2 bridgehead atoms. The van der Waals surface area contributed by atoms with Gasteiger partial charge in [-0.15, -0.1) is 0 Å². The van der Waals surface area contributed by atoms with Gasteiger partial charge in [-0.25, -0.2) is 13.2 Å². The molecule has 0 aromatic heterocycles. The summed E-state index contributed by atoms with van der Waals surface area (Å²) in [6.45, 7) is 0. The molecule has 0 radical (unpaired) electrons. The first-order chi connectivity index (χ1) is 9.40. The fraction of sp³-hybridized carbons (Fsp3) is 0.571. The molecule has 2 aliphatic rings. The first-order valence-corrected chi connectivity index (χ1v) is 7.95. The van der Waals surface area contributed by atoms with E-state index in [1.807, 2.05) is 0 Å². The number of hydrogen-bond donors (Lipinski definition) is 1. The van der Waals surface area contributed by atoms with Crippen molar-refractivity contribution in [2.24, 2.45) is 0 Å². The van der Waals surface area contributed by atoms with Crippen molar-refractivity contribution in [3.05, 3.63) is 35.1 Å². The number of benzene rings is 1. The number of rotatable bonds is 1. The van der Waals surface area contributed by atoms with E-state index >= 15 is 0 Å². The molecule has 1 N–H and O–H groups in total. The summed E-state index contributed by atoms with van der Waals surface area (Å²) in [6.07, 6.45) is 2.65. The van der Waals surface area contributed by atoms with Gasteiger partial charge in [0.05, 0.1) is 5.60 Å². The van der Waals surface area contributed by atoms with Gasteiger partial charge in [-0.2, -0.15) is 0 Å². The summed E-state index contributed by atoms with van der Waals surface area (Å²) in [5.41, 5.74) is -1.77. The van der Waals surface area contributed by atoms with E-state index in [2.05, 4.69) is 0 Å². The Bertz CT molecular complexity index is 560. The molecule has 2 saturated heterocycles. The molecule has 0 saturated carbocycles. The molecule has 20 heavy (non-hydrogen) atoms. The summed E-state index contributed by atoms with van der Waals surface area (Å²) in [4.78, 5) is 0. The quantitative estimate of drug-likeness (QED) is 0.810. The van der Waals surface area contributed by atoms with Crippen LogP contribution in [0.5, 0.6) is 0 Å². The Morgan fingerprint density at radius 1 is 1.05 bits per heavy atom. The van der Waals surface area contributed by atoms with E-state index in [4.69, 9.17) is 0 Å². The lowest BCUT2D eigenvalue weighted by molar-refractivity contribution is 0.00294. The van der Waals surface area contributed by atoms with Gasteiger partial charge < -0.3 is 5.11 Å². The molecule has 2 unspecified atom stereocenters. The van der Waals surface area contributed by atoms with Crippen molar-refractivity contribution in [1.82, 2.24) is 0 Å². The lowest BCUT2D eigenvalue weighted by Crippen LogP contribution is -2.47. The smallest absolute Gasteiger partial charge is 0.161 e. The molecule has 2 atom stereocenters. The van der Waals surface area contributed by atoms with Crippen LogP contribution in [0.4, 0.5) is 13.2 Å². The highest BCUT2D eigenvalue weighted by Crippen LogP contribution is 2.45. The molecular formula is C14H15F3O2S. The normalized spacial score (nSPS) is 36.9. The molecule has 2 nitrogen and oxygen atoms in total. The molecule has 2 fully saturated rings. The third-order valence-corrected chi connectivity index (χ3v) is 6.47. The van der Waals surface area contributed by atoms with Crippen LogP contribution in [-0.4, -0.2) is 19.8 Å². The van der Waals surface area contributed by atoms with Crippen LogP contribution >= 0.6 is 0 Å². The Hall–Kier alpha value is -0.880. The molecule has 1 aromatic rings. The minimum absolute atomic E-state index is 0.137. The first-order valence-electron chi connectivity index (χ1n) is 6.67. The van der Waals surface area contributed by atoms with E-state index in [1.165, 1.54) is 0 Å². The van der Waals surface area contributed by atoms with Crippen LogP contribution < -0.4 is 0 Å². The highest BCUT2D eigenvalue weighted by atomic mass is 32.2. The summed E-state index contributed by atoms with van der Waals surface area (Å²) in [6, 6.07) is 1.19. The Morgan fingerprint density at radius 2 is 1.60 bits per heavy atom. The van der Waals surface area contributed by atoms with Gasteiger partial charge in [0, 0.05) is 32.9 Å². The van der Waals surface area contributed by atoms with Crippen molar-refractivity contribution >= 4 is 10.8 Å². The predicted octanol–water partition coefficient (Wildman–Crippen LogP) is 2.76. The molecule has 0 aliphatic carbocycles. The monoisotopic (exact) mass is 304 g/mol. The SMILES string of the molecule is O=S1C2CCCC1CC(O)(c1cc(F)c(F)cc1F)C2. The van der Waals surface area contributed by atoms with E-state index in [-0.39, 0.29) is 28.9 Å². The highest BCUT2D eigenvalue weighted by Gasteiger charge is 2.47. The van der Waals surface area contributed by atoms with Crippen molar-refractivity contribution in [1.29, 1.82) is 0 Å². The van der Waals surface area contributed by atoms with Crippen molar-refractivity contribution < 1.29 is 22.5 Å².